The van der Waals surface area contributed by atoms with Gasteiger partial charge in [-0.1, -0.05) is 30.3 Å². The Kier molecular flexibility index (Phi) is 3.58. The number of rotatable bonds is 4. The van der Waals surface area contributed by atoms with E-state index in [4.69, 9.17) is 9.47 Å². The van der Waals surface area contributed by atoms with Gasteiger partial charge in [0.25, 0.3) is 0 Å². The van der Waals surface area contributed by atoms with Crippen molar-refractivity contribution in [2.75, 3.05) is 19.5 Å². The minimum Gasteiger partial charge on any atom is -0.493 e. The van der Waals surface area contributed by atoms with E-state index in [-0.39, 0.29) is 0 Å². The predicted molar refractivity (Wildman–Crippen MR) is 95.4 cm³/mol. The molecule has 0 atom stereocenters. The van der Waals surface area contributed by atoms with Crippen molar-refractivity contribution in [3.63, 3.8) is 0 Å². The molecule has 0 spiro atoms. The standard InChI is InChI=1S/C20H18N2O2/c1-23-17-12-15-9-11-22(13-14-6-4-3-5-7-14)16-8-10-21-19(18(15)16)20(17)24-2/h3-12H,13H2,1-2H3/p+1. The zero-order chi connectivity index (χ0) is 16.5. The molecule has 0 saturated carbocycles. The van der Waals surface area contributed by atoms with Gasteiger partial charge in [-0.3, -0.25) is 0 Å². The fourth-order valence-electron chi connectivity index (χ4n) is 3.25. The van der Waals surface area contributed by atoms with Crippen LogP contribution in [0.2, 0.25) is 0 Å². The average Bonchev–Trinajstić information content (AvgIpc) is 2.64. The van der Waals surface area contributed by atoms with Crippen LogP contribution in [0.1, 0.15) is 11.3 Å². The van der Waals surface area contributed by atoms with E-state index in [1.165, 1.54) is 5.56 Å². The average molecular weight is 319 g/mol. The molecule has 0 aliphatic carbocycles. The molecule has 0 fully saturated rings. The van der Waals surface area contributed by atoms with Gasteiger partial charge in [0.05, 0.1) is 25.3 Å². The Bertz CT molecular complexity index is 934. The molecule has 0 amide bonds. The predicted octanol–water partition coefficient (Wildman–Crippen LogP) is 3.59. The van der Waals surface area contributed by atoms with Gasteiger partial charge in [-0.15, -0.1) is 0 Å². The topological polar surface area (TPSA) is 34.4 Å². The van der Waals surface area contributed by atoms with Gasteiger partial charge < -0.3 is 14.8 Å². The van der Waals surface area contributed by atoms with Crippen LogP contribution in [0.4, 0.5) is 5.69 Å². The summed E-state index contributed by atoms with van der Waals surface area (Å²) in [5.41, 5.74) is 3.38. The van der Waals surface area contributed by atoms with Crippen molar-refractivity contribution in [2.24, 2.45) is 0 Å². The van der Waals surface area contributed by atoms with E-state index >= 15 is 0 Å². The molecule has 1 N–H and O–H groups in total. The molecule has 4 rings (SSSR count). The Labute approximate surface area is 141 Å². The van der Waals surface area contributed by atoms with Crippen LogP contribution >= 0.6 is 0 Å². The van der Waals surface area contributed by atoms with Gasteiger partial charge in [0.1, 0.15) is 0 Å². The summed E-state index contributed by atoms with van der Waals surface area (Å²) in [6, 6.07) is 14.6. The van der Waals surface area contributed by atoms with E-state index in [9.17, 15) is 0 Å². The summed E-state index contributed by atoms with van der Waals surface area (Å²) >= 11 is 0. The van der Waals surface area contributed by atoms with Crippen LogP contribution in [-0.4, -0.2) is 14.2 Å². The normalized spacial score (nSPS) is 12.1. The fraction of sp³-hybridized carbons (Fsp3) is 0.150. The van der Waals surface area contributed by atoms with Crippen molar-refractivity contribution in [3.8, 4) is 11.5 Å². The maximum Gasteiger partial charge on any atom is 0.217 e. The molecule has 24 heavy (non-hydrogen) atoms. The molecular weight excluding hydrogens is 300 g/mol. The first-order chi connectivity index (χ1) is 11.8. The molecule has 4 heteroatoms. The third-order valence-corrected chi connectivity index (χ3v) is 4.36. The van der Waals surface area contributed by atoms with Gasteiger partial charge in [0.15, 0.2) is 24.2 Å². The van der Waals surface area contributed by atoms with E-state index in [0.29, 0.717) is 0 Å². The van der Waals surface area contributed by atoms with Crippen molar-refractivity contribution in [1.29, 1.82) is 0 Å². The van der Waals surface area contributed by atoms with E-state index in [0.717, 1.165) is 40.2 Å². The van der Waals surface area contributed by atoms with E-state index in [1.807, 2.05) is 18.3 Å². The first kappa shape index (κ1) is 14.6. The van der Waals surface area contributed by atoms with E-state index in [1.54, 1.807) is 14.2 Å². The maximum absolute atomic E-state index is 5.58. The van der Waals surface area contributed by atoms with Gasteiger partial charge in [-0.25, -0.2) is 0 Å². The summed E-state index contributed by atoms with van der Waals surface area (Å²) in [6.07, 6.45) is 6.17. The lowest BCUT2D eigenvalue weighted by molar-refractivity contribution is -0.688. The summed E-state index contributed by atoms with van der Waals surface area (Å²) in [5.74, 6) is 1.46. The Morgan fingerprint density at radius 3 is 2.62 bits per heavy atom. The largest absolute Gasteiger partial charge is 0.493 e. The number of benzene rings is 2. The number of pyridine rings is 1. The minimum absolute atomic E-state index is 0.730. The van der Waals surface area contributed by atoms with Crippen LogP contribution in [0.15, 0.2) is 54.9 Å². The lowest BCUT2D eigenvalue weighted by atomic mass is 10.0. The first-order valence-electron chi connectivity index (χ1n) is 7.90. The highest BCUT2D eigenvalue weighted by Crippen LogP contribution is 2.43. The highest BCUT2D eigenvalue weighted by Gasteiger charge is 2.24. The monoisotopic (exact) mass is 319 g/mol. The van der Waals surface area contributed by atoms with Crippen LogP contribution in [0.3, 0.4) is 0 Å². The van der Waals surface area contributed by atoms with Crippen LogP contribution in [0, 0.1) is 0 Å². The van der Waals surface area contributed by atoms with Crippen LogP contribution in [0.25, 0.3) is 16.8 Å². The molecule has 1 aliphatic heterocycles. The Morgan fingerprint density at radius 1 is 1.04 bits per heavy atom. The Balaban J connectivity index is 1.93. The number of ether oxygens (including phenoxy) is 2. The molecule has 0 bridgehead atoms. The second-order valence-electron chi connectivity index (χ2n) is 5.74. The summed E-state index contributed by atoms with van der Waals surface area (Å²) < 4.78 is 13.3. The van der Waals surface area contributed by atoms with Crippen molar-refractivity contribution in [2.45, 2.75) is 6.54 Å². The molecular formula is C20H19N2O2+. The minimum atomic E-state index is 0.730. The zero-order valence-corrected chi connectivity index (χ0v) is 13.7. The van der Waals surface area contributed by atoms with Gasteiger partial charge in [0, 0.05) is 29.3 Å². The molecule has 4 nitrogen and oxygen atoms in total. The second kappa shape index (κ2) is 5.89. The van der Waals surface area contributed by atoms with Crippen molar-refractivity contribution in [1.82, 2.24) is 0 Å². The maximum atomic E-state index is 5.58. The number of methoxy groups -OCH3 is 2. The smallest absolute Gasteiger partial charge is 0.217 e. The molecule has 1 aliphatic rings. The molecule has 0 radical (unpaired) electrons. The quantitative estimate of drug-likeness (QED) is 0.746. The van der Waals surface area contributed by atoms with Crippen molar-refractivity contribution >= 4 is 22.5 Å². The molecule has 3 aromatic rings. The SMILES string of the molecule is COc1cc2cc[n+](Cc3ccccc3)c3c2c(c1OC)NC=C3. The molecule has 0 saturated heterocycles. The highest BCUT2D eigenvalue weighted by atomic mass is 16.5. The summed E-state index contributed by atoms with van der Waals surface area (Å²) in [7, 11) is 3.33. The number of aromatic nitrogens is 1. The molecule has 120 valence electrons. The van der Waals surface area contributed by atoms with Crippen LogP contribution in [0.5, 0.6) is 11.5 Å². The molecule has 1 aromatic heterocycles. The zero-order valence-electron chi connectivity index (χ0n) is 13.7. The number of nitrogens with zero attached hydrogens (tertiary/aromatic N) is 1. The number of hydrogen-bond acceptors (Lipinski definition) is 3. The van der Waals surface area contributed by atoms with Crippen LogP contribution in [-0.2, 0) is 6.54 Å². The lowest BCUT2D eigenvalue weighted by Crippen LogP contribution is -2.38. The van der Waals surface area contributed by atoms with Gasteiger partial charge in [0.2, 0.25) is 5.69 Å². The molecule has 2 aromatic carbocycles. The molecule has 2 heterocycles. The summed E-state index contributed by atoms with van der Waals surface area (Å²) in [5, 5.41) is 5.58. The van der Waals surface area contributed by atoms with Crippen LogP contribution < -0.4 is 19.4 Å². The third-order valence-electron chi connectivity index (χ3n) is 4.36. The van der Waals surface area contributed by atoms with E-state index < -0.39 is 0 Å². The Morgan fingerprint density at radius 2 is 1.88 bits per heavy atom. The summed E-state index contributed by atoms with van der Waals surface area (Å²) in [4.78, 5) is 0. The molecule has 0 unspecified atom stereocenters. The number of hydrogen-bond donors (Lipinski definition) is 1. The fourth-order valence-corrected chi connectivity index (χ4v) is 3.25. The van der Waals surface area contributed by atoms with Crippen molar-refractivity contribution in [3.05, 3.63) is 66.1 Å². The van der Waals surface area contributed by atoms with E-state index in [2.05, 4.69) is 52.5 Å². The second-order valence-corrected chi connectivity index (χ2v) is 5.74. The van der Waals surface area contributed by atoms with Gasteiger partial charge in [-0.2, -0.15) is 4.57 Å². The van der Waals surface area contributed by atoms with Gasteiger partial charge in [-0.05, 0) is 6.07 Å². The van der Waals surface area contributed by atoms with Crippen molar-refractivity contribution < 1.29 is 14.0 Å². The summed E-state index contributed by atoms with van der Waals surface area (Å²) in [6.45, 7) is 0.824. The highest BCUT2D eigenvalue weighted by molar-refractivity contribution is 6.04. The third kappa shape index (κ3) is 2.27. The Hall–Kier alpha value is -3.01. The number of anilines is 1. The number of nitrogens with one attached hydrogen (secondary N) is 1. The van der Waals surface area contributed by atoms with Gasteiger partial charge >= 0.3 is 0 Å². The lowest BCUT2D eigenvalue weighted by Gasteiger charge is -2.18. The first-order valence-corrected chi connectivity index (χ1v) is 7.90.